The van der Waals surface area contributed by atoms with Crippen LogP contribution >= 0.6 is 0 Å². The standard InChI is InChI=1S/C22H23F2N3O5S/c1-31-16-8-10-17(11-9-16)33(29,30)26-12-4-5-15(13-26)21(28)32-14-20-25-18-6-2-3-7-19(18)27(20)22(23)24/h2-3,6-11,15,22H,4-5,12-14H2,1H3/t15-/m1/s1. The monoisotopic (exact) mass is 479 g/mol. The molecule has 1 fully saturated rings. The lowest BCUT2D eigenvalue weighted by Gasteiger charge is -2.30. The Labute approximate surface area is 189 Å². The normalized spacial score (nSPS) is 17.4. The second-order valence-corrected chi connectivity index (χ2v) is 9.59. The van der Waals surface area contributed by atoms with Crippen LogP contribution < -0.4 is 4.74 Å². The van der Waals surface area contributed by atoms with Crippen LogP contribution in [0, 0.1) is 5.92 Å². The van der Waals surface area contributed by atoms with E-state index in [0.29, 0.717) is 24.1 Å². The van der Waals surface area contributed by atoms with Gasteiger partial charge in [0.25, 0.3) is 0 Å². The van der Waals surface area contributed by atoms with Gasteiger partial charge in [-0.3, -0.25) is 9.36 Å². The van der Waals surface area contributed by atoms with Crippen LogP contribution in [0.1, 0.15) is 25.2 Å². The topological polar surface area (TPSA) is 90.7 Å². The number of hydrogen-bond acceptors (Lipinski definition) is 6. The molecule has 0 spiro atoms. The number of piperidine rings is 1. The Morgan fingerprint density at radius 1 is 1.18 bits per heavy atom. The van der Waals surface area contributed by atoms with E-state index in [0.717, 1.165) is 4.57 Å². The Balaban J connectivity index is 1.45. The van der Waals surface area contributed by atoms with E-state index >= 15 is 0 Å². The van der Waals surface area contributed by atoms with Gasteiger partial charge in [0.1, 0.15) is 12.4 Å². The van der Waals surface area contributed by atoms with Crippen molar-refractivity contribution in [1.29, 1.82) is 0 Å². The first-order chi connectivity index (χ1) is 15.8. The molecule has 3 aromatic rings. The predicted molar refractivity (Wildman–Crippen MR) is 115 cm³/mol. The van der Waals surface area contributed by atoms with Crippen molar-refractivity contribution >= 4 is 27.0 Å². The number of aromatic nitrogens is 2. The molecule has 1 aliphatic rings. The first-order valence-electron chi connectivity index (χ1n) is 10.4. The molecule has 0 radical (unpaired) electrons. The summed E-state index contributed by atoms with van der Waals surface area (Å²) in [4.78, 5) is 16.9. The fraction of sp³-hybridized carbons (Fsp3) is 0.364. The lowest BCUT2D eigenvalue weighted by atomic mass is 10.00. The number of fused-ring (bicyclic) bond motifs is 1. The van der Waals surface area contributed by atoms with E-state index < -0.39 is 35.1 Å². The van der Waals surface area contributed by atoms with Crippen LogP contribution in [0.2, 0.25) is 0 Å². The number of rotatable bonds is 7. The molecule has 2 heterocycles. The van der Waals surface area contributed by atoms with Gasteiger partial charge in [-0.1, -0.05) is 12.1 Å². The molecule has 0 bridgehead atoms. The molecule has 0 saturated carbocycles. The first-order valence-corrected chi connectivity index (χ1v) is 11.8. The van der Waals surface area contributed by atoms with Gasteiger partial charge in [0.05, 0.1) is 29.0 Å². The second-order valence-electron chi connectivity index (χ2n) is 7.65. The lowest BCUT2D eigenvalue weighted by molar-refractivity contribution is -0.151. The Bertz CT molecular complexity index is 1240. The molecule has 0 unspecified atom stereocenters. The van der Waals surface area contributed by atoms with Crippen LogP contribution in [-0.2, 0) is 26.2 Å². The summed E-state index contributed by atoms with van der Waals surface area (Å²) in [7, 11) is -2.31. The number of carbonyl (C=O) groups excluding carboxylic acids is 1. The fourth-order valence-corrected chi connectivity index (χ4v) is 5.44. The zero-order valence-corrected chi connectivity index (χ0v) is 18.7. The van der Waals surface area contributed by atoms with Crippen molar-refractivity contribution in [3.63, 3.8) is 0 Å². The highest BCUT2D eigenvalue weighted by Crippen LogP contribution is 2.27. The quantitative estimate of drug-likeness (QED) is 0.481. The van der Waals surface area contributed by atoms with Gasteiger partial charge in [-0.05, 0) is 49.2 Å². The summed E-state index contributed by atoms with van der Waals surface area (Å²) in [6, 6.07) is 12.4. The van der Waals surface area contributed by atoms with E-state index in [2.05, 4.69) is 4.98 Å². The molecule has 1 aliphatic heterocycles. The van der Waals surface area contributed by atoms with Crippen LogP contribution in [0.25, 0.3) is 11.0 Å². The number of carbonyl (C=O) groups is 1. The maximum Gasteiger partial charge on any atom is 0.320 e. The number of imidazole rings is 1. The van der Waals surface area contributed by atoms with Gasteiger partial charge >= 0.3 is 12.5 Å². The molecule has 1 atom stereocenters. The average molecular weight is 480 g/mol. The number of alkyl halides is 2. The van der Waals surface area contributed by atoms with Crippen molar-refractivity contribution < 1.29 is 31.5 Å². The van der Waals surface area contributed by atoms with E-state index in [9.17, 15) is 22.0 Å². The zero-order valence-electron chi connectivity index (χ0n) is 17.9. The molecular formula is C22H23F2N3O5S. The maximum absolute atomic E-state index is 13.6. The van der Waals surface area contributed by atoms with Crippen molar-refractivity contribution in [2.45, 2.75) is 30.9 Å². The fourth-order valence-electron chi connectivity index (χ4n) is 3.92. The summed E-state index contributed by atoms with van der Waals surface area (Å²) in [6.07, 6.45) is 0.920. The van der Waals surface area contributed by atoms with Crippen molar-refractivity contribution in [2.75, 3.05) is 20.2 Å². The van der Waals surface area contributed by atoms with E-state index in [-0.39, 0.29) is 29.3 Å². The molecule has 33 heavy (non-hydrogen) atoms. The number of nitrogens with zero attached hydrogens (tertiary/aromatic N) is 3. The van der Waals surface area contributed by atoms with Gasteiger partial charge in [0.15, 0.2) is 5.82 Å². The molecule has 8 nitrogen and oxygen atoms in total. The number of sulfonamides is 1. The molecule has 0 aliphatic carbocycles. The van der Waals surface area contributed by atoms with Gasteiger partial charge in [-0.25, -0.2) is 13.4 Å². The highest BCUT2D eigenvalue weighted by Gasteiger charge is 2.34. The first kappa shape index (κ1) is 23.1. The largest absolute Gasteiger partial charge is 0.497 e. The van der Waals surface area contributed by atoms with Crippen LogP contribution in [0.5, 0.6) is 5.75 Å². The highest BCUT2D eigenvalue weighted by atomic mass is 32.2. The minimum atomic E-state index is -3.80. The average Bonchev–Trinajstić information content (AvgIpc) is 3.21. The van der Waals surface area contributed by atoms with Gasteiger partial charge in [-0.2, -0.15) is 13.1 Å². The third-order valence-electron chi connectivity index (χ3n) is 5.62. The summed E-state index contributed by atoms with van der Waals surface area (Å²) in [5.74, 6) is -0.879. The molecule has 4 rings (SSSR count). The number of hydrogen-bond donors (Lipinski definition) is 0. The van der Waals surface area contributed by atoms with E-state index in [1.54, 1.807) is 30.3 Å². The smallest absolute Gasteiger partial charge is 0.320 e. The molecule has 1 saturated heterocycles. The number of methoxy groups -OCH3 is 1. The van der Waals surface area contributed by atoms with Gasteiger partial charge < -0.3 is 9.47 Å². The van der Waals surface area contributed by atoms with Crippen LogP contribution in [0.15, 0.2) is 53.4 Å². The minimum absolute atomic E-state index is 0.0432. The van der Waals surface area contributed by atoms with Gasteiger partial charge in [0, 0.05) is 13.1 Å². The zero-order chi connectivity index (χ0) is 23.6. The third kappa shape index (κ3) is 4.69. The number of ether oxygens (including phenoxy) is 2. The maximum atomic E-state index is 13.6. The van der Waals surface area contributed by atoms with E-state index in [1.165, 1.54) is 29.6 Å². The molecule has 1 aromatic heterocycles. The Hall–Kier alpha value is -3.05. The van der Waals surface area contributed by atoms with E-state index in [1.807, 2.05) is 0 Å². The van der Waals surface area contributed by atoms with E-state index in [4.69, 9.17) is 9.47 Å². The number of halogens is 2. The predicted octanol–water partition coefficient (Wildman–Crippen LogP) is 3.58. The second kappa shape index (κ2) is 9.44. The molecule has 176 valence electrons. The van der Waals surface area contributed by atoms with Crippen LogP contribution in [0.4, 0.5) is 8.78 Å². The molecule has 0 N–H and O–H groups in total. The highest BCUT2D eigenvalue weighted by molar-refractivity contribution is 7.89. The number of esters is 1. The summed E-state index contributed by atoms with van der Waals surface area (Å²) in [5.41, 5.74) is 0.617. The van der Waals surface area contributed by atoms with Crippen molar-refractivity contribution in [3.05, 3.63) is 54.4 Å². The number of para-hydroxylation sites is 2. The summed E-state index contributed by atoms with van der Waals surface area (Å²) in [6.45, 7) is -3.04. The summed E-state index contributed by atoms with van der Waals surface area (Å²) >= 11 is 0. The molecule has 2 aromatic carbocycles. The SMILES string of the molecule is COc1ccc(S(=O)(=O)N2CCC[C@@H](C(=O)OCc3nc4ccccc4n3C(F)F)C2)cc1. The van der Waals surface area contributed by atoms with Crippen LogP contribution in [-0.4, -0.2) is 48.4 Å². The molecule has 11 heteroatoms. The lowest BCUT2D eigenvalue weighted by Crippen LogP contribution is -2.42. The summed E-state index contributed by atoms with van der Waals surface area (Å²) in [5, 5.41) is 0. The Kier molecular flexibility index (Phi) is 6.61. The molecular weight excluding hydrogens is 456 g/mol. The van der Waals surface area contributed by atoms with Crippen LogP contribution in [0.3, 0.4) is 0 Å². The molecule has 0 amide bonds. The van der Waals surface area contributed by atoms with Crippen molar-refractivity contribution in [3.8, 4) is 5.75 Å². The van der Waals surface area contributed by atoms with Crippen molar-refractivity contribution in [2.24, 2.45) is 5.92 Å². The third-order valence-corrected chi connectivity index (χ3v) is 7.50. The number of benzene rings is 2. The Morgan fingerprint density at radius 2 is 1.91 bits per heavy atom. The Morgan fingerprint density at radius 3 is 2.61 bits per heavy atom. The summed E-state index contributed by atoms with van der Waals surface area (Å²) < 4.78 is 65.4. The minimum Gasteiger partial charge on any atom is -0.497 e. The van der Waals surface area contributed by atoms with Gasteiger partial charge in [0.2, 0.25) is 10.0 Å². The van der Waals surface area contributed by atoms with Crippen molar-refractivity contribution in [1.82, 2.24) is 13.9 Å². The van der Waals surface area contributed by atoms with Gasteiger partial charge in [-0.15, -0.1) is 0 Å².